The van der Waals surface area contributed by atoms with Crippen LogP contribution in [0.25, 0.3) is 0 Å². The molecule has 7 heteroatoms. The zero-order chi connectivity index (χ0) is 21.0. The van der Waals surface area contributed by atoms with Gasteiger partial charge in [-0.25, -0.2) is 9.18 Å². The predicted octanol–water partition coefficient (Wildman–Crippen LogP) is 3.88. The fourth-order valence-electron chi connectivity index (χ4n) is 3.22. The van der Waals surface area contributed by atoms with E-state index in [9.17, 15) is 14.0 Å². The van der Waals surface area contributed by atoms with E-state index in [0.29, 0.717) is 28.1 Å². The minimum absolute atomic E-state index is 0.170. The molecule has 0 aliphatic carbocycles. The minimum atomic E-state index is -0.549. The van der Waals surface area contributed by atoms with Gasteiger partial charge in [0, 0.05) is 11.7 Å². The first kappa shape index (κ1) is 21.6. The third kappa shape index (κ3) is 4.42. The van der Waals surface area contributed by atoms with Crippen LogP contribution in [0.15, 0.2) is 18.2 Å². The van der Waals surface area contributed by atoms with Crippen LogP contribution in [0.5, 0.6) is 5.75 Å². The lowest BCUT2D eigenvalue weighted by atomic mass is 10.0. The van der Waals surface area contributed by atoms with Crippen molar-refractivity contribution in [2.75, 3.05) is 13.7 Å². The molecule has 0 unspecified atom stereocenters. The summed E-state index contributed by atoms with van der Waals surface area (Å²) in [5.74, 6) is -0.918. The zero-order valence-electron chi connectivity index (χ0n) is 17.1. The molecule has 1 aromatic carbocycles. The van der Waals surface area contributed by atoms with E-state index in [2.05, 4.69) is 10.3 Å². The Kier molecular flexibility index (Phi) is 6.96. The maximum atomic E-state index is 13.9. The number of esters is 1. The number of nitrogens with one attached hydrogen (secondary N) is 2. The molecule has 0 amide bonds. The third-order valence-corrected chi connectivity index (χ3v) is 4.73. The Morgan fingerprint density at radius 3 is 2.50 bits per heavy atom. The van der Waals surface area contributed by atoms with Crippen molar-refractivity contribution in [2.24, 2.45) is 0 Å². The first-order valence-electron chi connectivity index (χ1n) is 9.21. The molecule has 2 aromatic rings. The van der Waals surface area contributed by atoms with E-state index in [1.807, 2.05) is 6.92 Å². The molecule has 1 aromatic heterocycles. The standard InChI is InChI=1S/C21H27FN2O4/c1-7-28-21(26)18-11(2)19(24-13(18)4)20(25)14(5)23-12(3)15-8-9-17(27-6)16(22)10-15/h8-10,12,14,23-24H,7H2,1-6H3/t12-,14+/m1/s1. The Hall–Kier alpha value is -2.67. The molecular weight excluding hydrogens is 363 g/mol. The summed E-state index contributed by atoms with van der Waals surface area (Å²) >= 11 is 0. The summed E-state index contributed by atoms with van der Waals surface area (Å²) in [4.78, 5) is 28.0. The van der Waals surface area contributed by atoms with Gasteiger partial charge in [-0.15, -0.1) is 0 Å². The van der Waals surface area contributed by atoms with Crippen molar-refractivity contribution < 1.29 is 23.5 Å². The fraction of sp³-hybridized carbons (Fsp3) is 0.429. The van der Waals surface area contributed by atoms with Crippen molar-refractivity contribution in [3.63, 3.8) is 0 Å². The van der Waals surface area contributed by atoms with Crippen LogP contribution in [0.1, 0.15) is 64.5 Å². The largest absolute Gasteiger partial charge is 0.494 e. The van der Waals surface area contributed by atoms with Crippen molar-refractivity contribution in [1.82, 2.24) is 10.3 Å². The summed E-state index contributed by atoms with van der Waals surface area (Å²) in [7, 11) is 1.41. The summed E-state index contributed by atoms with van der Waals surface area (Å²) in [6.07, 6.45) is 0. The fourth-order valence-corrected chi connectivity index (χ4v) is 3.22. The Morgan fingerprint density at radius 1 is 1.25 bits per heavy atom. The topological polar surface area (TPSA) is 80.4 Å². The third-order valence-electron chi connectivity index (χ3n) is 4.73. The normalized spacial score (nSPS) is 13.1. The average Bonchev–Trinajstić information content (AvgIpc) is 2.95. The van der Waals surface area contributed by atoms with Crippen molar-refractivity contribution in [3.8, 4) is 5.75 Å². The number of carbonyl (C=O) groups is 2. The summed E-state index contributed by atoms with van der Waals surface area (Å²) < 4.78 is 23.9. The lowest BCUT2D eigenvalue weighted by molar-refractivity contribution is 0.0525. The molecule has 0 aliphatic rings. The van der Waals surface area contributed by atoms with Gasteiger partial charge in [0.1, 0.15) is 0 Å². The smallest absolute Gasteiger partial charge is 0.340 e. The number of carbonyl (C=O) groups excluding carboxylic acids is 2. The van der Waals surface area contributed by atoms with Gasteiger partial charge in [-0.1, -0.05) is 6.07 Å². The number of rotatable bonds is 8. The van der Waals surface area contributed by atoms with Crippen molar-refractivity contribution in [1.29, 1.82) is 0 Å². The van der Waals surface area contributed by atoms with Gasteiger partial charge in [-0.05, 0) is 57.9 Å². The van der Waals surface area contributed by atoms with Gasteiger partial charge in [0.25, 0.3) is 0 Å². The van der Waals surface area contributed by atoms with Crippen LogP contribution in [0.2, 0.25) is 0 Å². The van der Waals surface area contributed by atoms with Crippen LogP contribution < -0.4 is 10.1 Å². The molecular formula is C21H27FN2O4. The number of hydrogen-bond acceptors (Lipinski definition) is 5. The molecule has 2 rings (SSSR count). The van der Waals surface area contributed by atoms with Crippen LogP contribution >= 0.6 is 0 Å². The van der Waals surface area contributed by atoms with Gasteiger partial charge < -0.3 is 19.8 Å². The molecule has 152 valence electrons. The molecule has 6 nitrogen and oxygen atoms in total. The summed E-state index contributed by atoms with van der Waals surface area (Å²) in [6.45, 7) is 9.03. The van der Waals surface area contributed by atoms with Gasteiger partial charge in [0.2, 0.25) is 0 Å². The molecule has 1 heterocycles. The number of aromatic amines is 1. The van der Waals surface area contributed by atoms with E-state index in [0.717, 1.165) is 0 Å². The first-order chi connectivity index (χ1) is 13.2. The monoisotopic (exact) mass is 390 g/mol. The van der Waals surface area contributed by atoms with Crippen molar-refractivity contribution in [2.45, 2.75) is 46.7 Å². The second-order valence-electron chi connectivity index (χ2n) is 6.71. The molecule has 0 radical (unpaired) electrons. The van der Waals surface area contributed by atoms with Gasteiger partial charge in [0.05, 0.1) is 31.0 Å². The van der Waals surface area contributed by atoms with Gasteiger partial charge in [-0.2, -0.15) is 0 Å². The number of aryl methyl sites for hydroxylation is 1. The Labute approximate surface area is 164 Å². The average molecular weight is 390 g/mol. The number of Topliss-reactive ketones (excluding diaryl/α,β-unsaturated/α-hetero) is 1. The molecule has 2 atom stereocenters. The number of hydrogen-bond donors (Lipinski definition) is 2. The second-order valence-corrected chi connectivity index (χ2v) is 6.71. The quantitative estimate of drug-likeness (QED) is 0.528. The maximum absolute atomic E-state index is 13.9. The zero-order valence-corrected chi connectivity index (χ0v) is 17.1. The number of methoxy groups -OCH3 is 1. The molecule has 0 fully saturated rings. The van der Waals surface area contributed by atoms with Crippen LogP contribution in [-0.4, -0.2) is 36.5 Å². The highest BCUT2D eigenvalue weighted by Gasteiger charge is 2.26. The van der Waals surface area contributed by atoms with Crippen molar-refractivity contribution >= 4 is 11.8 Å². The van der Waals surface area contributed by atoms with Gasteiger partial charge in [0.15, 0.2) is 17.3 Å². The number of halogens is 1. The van der Waals surface area contributed by atoms with Crippen molar-refractivity contribution in [3.05, 3.63) is 52.1 Å². The van der Waals surface area contributed by atoms with Crippen LogP contribution in [0.4, 0.5) is 4.39 Å². The van der Waals surface area contributed by atoms with E-state index in [1.165, 1.54) is 13.2 Å². The molecule has 0 spiro atoms. The lowest BCUT2D eigenvalue weighted by Gasteiger charge is -2.20. The van der Waals surface area contributed by atoms with Crippen LogP contribution in [0, 0.1) is 19.7 Å². The molecule has 0 aliphatic heterocycles. The van der Waals surface area contributed by atoms with E-state index in [4.69, 9.17) is 9.47 Å². The Bertz CT molecular complexity index is 876. The van der Waals surface area contributed by atoms with E-state index in [-0.39, 0.29) is 24.2 Å². The van der Waals surface area contributed by atoms with E-state index < -0.39 is 17.8 Å². The van der Waals surface area contributed by atoms with Gasteiger partial charge in [-0.3, -0.25) is 4.79 Å². The maximum Gasteiger partial charge on any atom is 0.340 e. The summed E-state index contributed by atoms with van der Waals surface area (Å²) in [5, 5.41) is 3.18. The molecule has 0 bridgehead atoms. The highest BCUT2D eigenvalue weighted by atomic mass is 19.1. The number of H-pyrrole nitrogens is 1. The summed E-state index contributed by atoms with van der Waals surface area (Å²) in [6, 6.07) is 3.88. The second kappa shape index (κ2) is 9.01. The summed E-state index contributed by atoms with van der Waals surface area (Å²) in [5.41, 5.74) is 2.62. The Morgan fingerprint density at radius 2 is 1.93 bits per heavy atom. The first-order valence-corrected chi connectivity index (χ1v) is 9.21. The SMILES string of the molecule is CCOC(=O)c1c(C)[nH]c(C(=O)[C@H](C)N[C@H](C)c2ccc(OC)c(F)c2)c1C. The minimum Gasteiger partial charge on any atom is -0.494 e. The van der Waals surface area contributed by atoms with Gasteiger partial charge >= 0.3 is 5.97 Å². The number of ketones is 1. The predicted molar refractivity (Wildman–Crippen MR) is 105 cm³/mol. The van der Waals surface area contributed by atoms with E-state index in [1.54, 1.807) is 39.8 Å². The molecule has 28 heavy (non-hydrogen) atoms. The molecule has 0 saturated heterocycles. The number of aromatic nitrogens is 1. The highest BCUT2D eigenvalue weighted by molar-refractivity contribution is 6.03. The van der Waals surface area contributed by atoms with Crippen LogP contribution in [0.3, 0.4) is 0 Å². The number of benzene rings is 1. The molecule has 0 saturated carbocycles. The number of ether oxygens (including phenoxy) is 2. The lowest BCUT2D eigenvalue weighted by Crippen LogP contribution is -2.36. The van der Waals surface area contributed by atoms with Crippen LogP contribution in [-0.2, 0) is 4.74 Å². The van der Waals surface area contributed by atoms with E-state index >= 15 is 0 Å². The molecule has 2 N–H and O–H groups in total. The highest BCUT2D eigenvalue weighted by Crippen LogP contribution is 2.24. The Balaban J connectivity index is 2.17.